The van der Waals surface area contributed by atoms with Crippen LogP contribution in [0, 0.1) is 0 Å². The first-order valence-corrected chi connectivity index (χ1v) is 3.72. The summed E-state index contributed by atoms with van der Waals surface area (Å²) < 4.78 is 1.66. The van der Waals surface area contributed by atoms with Gasteiger partial charge in [-0.25, -0.2) is 0 Å². The summed E-state index contributed by atoms with van der Waals surface area (Å²) in [5, 5.41) is 16.6. The molecule has 1 unspecified atom stereocenters. The molecule has 0 aliphatic heterocycles. The number of aliphatic hydroxyl groups is 1. The lowest BCUT2D eigenvalue weighted by molar-refractivity contribution is 0.184. The standard InChI is InChI=1S/C7H13N3O/c1-6(11)3-4-7-5-10(2)9-8-7/h5-6,11H,3-4H2,1-2H3. The van der Waals surface area contributed by atoms with Gasteiger partial charge in [-0.1, -0.05) is 5.21 Å². The normalized spacial score (nSPS) is 13.4. The monoisotopic (exact) mass is 155 g/mol. The van der Waals surface area contributed by atoms with Crippen molar-refractivity contribution in [1.82, 2.24) is 15.0 Å². The Morgan fingerprint density at radius 3 is 2.91 bits per heavy atom. The lowest BCUT2D eigenvalue weighted by atomic mass is 10.2. The molecule has 62 valence electrons. The van der Waals surface area contributed by atoms with Crippen molar-refractivity contribution in [1.29, 1.82) is 0 Å². The minimum absolute atomic E-state index is 0.253. The molecule has 0 saturated carbocycles. The molecule has 0 aliphatic rings. The van der Waals surface area contributed by atoms with Crippen molar-refractivity contribution in [2.24, 2.45) is 7.05 Å². The average molecular weight is 155 g/mol. The Kier molecular flexibility index (Phi) is 2.59. The van der Waals surface area contributed by atoms with Gasteiger partial charge in [0.25, 0.3) is 0 Å². The lowest BCUT2D eigenvalue weighted by Crippen LogP contribution is -2.01. The summed E-state index contributed by atoms with van der Waals surface area (Å²) in [6.45, 7) is 1.77. The maximum atomic E-state index is 8.97. The zero-order valence-corrected chi connectivity index (χ0v) is 6.86. The van der Waals surface area contributed by atoms with Crippen LogP contribution in [0.15, 0.2) is 6.20 Å². The van der Waals surface area contributed by atoms with Gasteiger partial charge in [-0.15, -0.1) is 5.10 Å². The molecular formula is C7H13N3O. The van der Waals surface area contributed by atoms with Gasteiger partial charge in [0.1, 0.15) is 0 Å². The highest BCUT2D eigenvalue weighted by Crippen LogP contribution is 1.99. The van der Waals surface area contributed by atoms with Crippen molar-refractivity contribution < 1.29 is 5.11 Å². The van der Waals surface area contributed by atoms with E-state index in [0.29, 0.717) is 0 Å². The molecule has 11 heavy (non-hydrogen) atoms. The van der Waals surface area contributed by atoms with E-state index in [-0.39, 0.29) is 6.10 Å². The molecule has 0 aliphatic carbocycles. The minimum atomic E-state index is -0.253. The molecule has 1 N–H and O–H groups in total. The highest BCUT2D eigenvalue weighted by Gasteiger charge is 2.00. The summed E-state index contributed by atoms with van der Waals surface area (Å²) in [6.07, 6.45) is 3.16. The number of rotatable bonds is 3. The third-order valence-electron chi connectivity index (χ3n) is 1.47. The molecule has 4 heteroatoms. The Hall–Kier alpha value is -0.900. The smallest absolute Gasteiger partial charge is 0.0828 e. The maximum absolute atomic E-state index is 8.97. The first-order valence-electron chi connectivity index (χ1n) is 3.72. The van der Waals surface area contributed by atoms with Crippen LogP contribution in [-0.4, -0.2) is 26.2 Å². The molecule has 1 atom stereocenters. The lowest BCUT2D eigenvalue weighted by Gasteiger charge is -1.98. The van der Waals surface area contributed by atoms with E-state index >= 15 is 0 Å². The zero-order valence-electron chi connectivity index (χ0n) is 6.86. The van der Waals surface area contributed by atoms with E-state index < -0.39 is 0 Å². The van der Waals surface area contributed by atoms with E-state index in [1.165, 1.54) is 0 Å². The molecule has 0 radical (unpaired) electrons. The highest BCUT2D eigenvalue weighted by molar-refractivity contribution is 4.91. The van der Waals surface area contributed by atoms with Crippen molar-refractivity contribution in [2.75, 3.05) is 0 Å². The SMILES string of the molecule is CC(O)CCc1cn(C)nn1. The molecule has 0 fully saturated rings. The fourth-order valence-electron chi connectivity index (χ4n) is 0.867. The van der Waals surface area contributed by atoms with E-state index in [9.17, 15) is 0 Å². The largest absolute Gasteiger partial charge is 0.393 e. The second kappa shape index (κ2) is 3.48. The molecule has 4 nitrogen and oxygen atoms in total. The van der Waals surface area contributed by atoms with Gasteiger partial charge in [0.05, 0.1) is 11.8 Å². The van der Waals surface area contributed by atoms with Crippen LogP contribution in [0.1, 0.15) is 19.0 Å². The van der Waals surface area contributed by atoms with Gasteiger partial charge in [-0.2, -0.15) is 0 Å². The van der Waals surface area contributed by atoms with E-state index in [1.807, 2.05) is 13.2 Å². The highest BCUT2D eigenvalue weighted by atomic mass is 16.3. The quantitative estimate of drug-likeness (QED) is 0.675. The number of hydrogen-bond donors (Lipinski definition) is 1. The van der Waals surface area contributed by atoms with E-state index in [2.05, 4.69) is 10.3 Å². The van der Waals surface area contributed by atoms with Crippen molar-refractivity contribution in [3.63, 3.8) is 0 Å². The zero-order chi connectivity index (χ0) is 8.27. The predicted molar refractivity (Wildman–Crippen MR) is 41.0 cm³/mol. The number of aryl methyl sites for hydroxylation is 2. The second-order valence-electron chi connectivity index (χ2n) is 2.77. The van der Waals surface area contributed by atoms with Gasteiger partial charge >= 0.3 is 0 Å². The van der Waals surface area contributed by atoms with E-state index in [1.54, 1.807) is 11.6 Å². The summed E-state index contributed by atoms with van der Waals surface area (Å²) >= 11 is 0. The summed E-state index contributed by atoms with van der Waals surface area (Å²) in [4.78, 5) is 0. The van der Waals surface area contributed by atoms with Gasteiger partial charge in [-0.05, 0) is 19.8 Å². The van der Waals surface area contributed by atoms with E-state index in [4.69, 9.17) is 5.11 Å². The van der Waals surface area contributed by atoms with Crippen molar-refractivity contribution in [3.05, 3.63) is 11.9 Å². The van der Waals surface area contributed by atoms with Crippen LogP contribution in [0.5, 0.6) is 0 Å². The number of hydrogen-bond acceptors (Lipinski definition) is 3. The molecule has 0 aromatic carbocycles. The summed E-state index contributed by atoms with van der Waals surface area (Å²) in [7, 11) is 1.83. The molecule has 0 saturated heterocycles. The minimum Gasteiger partial charge on any atom is -0.393 e. The predicted octanol–water partition coefficient (Wildman–Crippen LogP) is 0.128. The first kappa shape index (κ1) is 8.20. The van der Waals surface area contributed by atoms with Gasteiger partial charge in [0.15, 0.2) is 0 Å². The van der Waals surface area contributed by atoms with Crippen molar-refractivity contribution >= 4 is 0 Å². The van der Waals surface area contributed by atoms with Gasteiger partial charge in [0.2, 0.25) is 0 Å². The molecule has 0 spiro atoms. The van der Waals surface area contributed by atoms with Crippen LogP contribution >= 0.6 is 0 Å². The fraction of sp³-hybridized carbons (Fsp3) is 0.714. The Labute approximate surface area is 65.8 Å². The van der Waals surface area contributed by atoms with Crippen LogP contribution in [-0.2, 0) is 13.5 Å². The molecule has 0 amide bonds. The summed E-state index contributed by atoms with van der Waals surface area (Å²) in [5.41, 5.74) is 0.938. The van der Waals surface area contributed by atoms with Crippen LogP contribution in [0.25, 0.3) is 0 Å². The maximum Gasteiger partial charge on any atom is 0.0828 e. The van der Waals surface area contributed by atoms with Crippen LogP contribution in [0.4, 0.5) is 0 Å². The molecule has 1 aromatic heterocycles. The second-order valence-corrected chi connectivity index (χ2v) is 2.77. The van der Waals surface area contributed by atoms with Gasteiger partial charge in [0, 0.05) is 13.2 Å². The molecular weight excluding hydrogens is 142 g/mol. The van der Waals surface area contributed by atoms with Crippen molar-refractivity contribution in [2.45, 2.75) is 25.9 Å². The fourth-order valence-corrected chi connectivity index (χ4v) is 0.867. The molecule has 1 aromatic rings. The van der Waals surface area contributed by atoms with Crippen LogP contribution in [0.3, 0.4) is 0 Å². The van der Waals surface area contributed by atoms with Gasteiger partial charge < -0.3 is 5.11 Å². The summed E-state index contributed by atoms with van der Waals surface area (Å²) in [5.74, 6) is 0. The Morgan fingerprint density at radius 1 is 1.73 bits per heavy atom. The number of aromatic nitrogens is 3. The van der Waals surface area contributed by atoms with E-state index in [0.717, 1.165) is 18.5 Å². The third-order valence-corrected chi connectivity index (χ3v) is 1.47. The Balaban J connectivity index is 2.39. The Bertz CT molecular complexity index is 219. The number of aliphatic hydroxyl groups excluding tert-OH is 1. The first-order chi connectivity index (χ1) is 5.18. The van der Waals surface area contributed by atoms with Crippen LogP contribution < -0.4 is 0 Å². The third kappa shape index (κ3) is 2.67. The van der Waals surface area contributed by atoms with Crippen LogP contribution in [0.2, 0.25) is 0 Å². The molecule has 1 heterocycles. The Morgan fingerprint density at radius 2 is 2.45 bits per heavy atom. The van der Waals surface area contributed by atoms with Crippen molar-refractivity contribution in [3.8, 4) is 0 Å². The molecule has 1 rings (SSSR count). The molecule has 0 bridgehead atoms. The van der Waals surface area contributed by atoms with Gasteiger partial charge in [-0.3, -0.25) is 4.68 Å². The topological polar surface area (TPSA) is 50.9 Å². The summed E-state index contributed by atoms with van der Waals surface area (Å²) in [6, 6.07) is 0. The number of nitrogens with zero attached hydrogens (tertiary/aromatic N) is 3. The average Bonchev–Trinajstić information content (AvgIpc) is 2.31.